The number of aromatic nitrogens is 2. The van der Waals surface area contributed by atoms with Crippen LogP contribution in [-0.4, -0.2) is 33.7 Å². The summed E-state index contributed by atoms with van der Waals surface area (Å²) < 4.78 is 41.7. The third kappa shape index (κ3) is 4.94. The van der Waals surface area contributed by atoms with E-state index in [0.29, 0.717) is 18.7 Å². The Morgan fingerprint density at radius 2 is 1.92 bits per heavy atom. The summed E-state index contributed by atoms with van der Waals surface area (Å²) in [6.45, 7) is 6.53. The van der Waals surface area contributed by atoms with Crippen LogP contribution in [0.4, 0.5) is 18.0 Å². The lowest BCUT2D eigenvalue weighted by molar-refractivity contribution is -0.159. The van der Waals surface area contributed by atoms with Crippen molar-refractivity contribution < 1.29 is 22.5 Å². The van der Waals surface area contributed by atoms with Gasteiger partial charge in [0.2, 0.25) is 5.82 Å². The van der Waals surface area contributed by atoms with Gasteiger partial charge in [-0.25, -0.2) is 4.79 Å². The lowest BCUT2D eigenvalue weighted by atomic mass is 10.1. The zero-order valence-electron chi connectivity index (χ0n) is 14.1. The molecule has 2 rings (SSSR count). The van der Waals surface area contributed by atoms with Crippen LogP contribution in [0, 0.1) is 0 Å². The summed E-state index contributed by atoms with van der Waals surface area (Å²) in [6, 6.07) is 6.47. The number of benzene rings is 1. The van der Waals surface area contributed by atoms with Crippen LogP contribution >= 0.6 is 0 Å². The Balaban J connectivity index is 2.09. The zero-order valence-corrected chi connectivity index (χ0v) is 14.1. The fourth-order valence-electron chi connectivity index (χ4n) is 2.10. The van der Waals surface area contributed by atoms with Crippen molar-refractivity contribution in [2.45, 2.75) is 39.5 Å². The van der Waals surface area contributed by atoms with E-state index in [9.17, 15) is 18.0 Å². The summed E-state index contributed by atoms with van der Waals surface area (Å²) in [6.07, 6.45) is -4.67. The summed E-state index contributed by atoms with van der Waals surface area (Å²) in [7, 11) is 0. The molecule has 0 fully saturated rings. The maximum absolute atomic E-state index is 12.5. The van der Waals surface area contributed by atoms with E-state index < -0.39 is 12.1 Å². The number of halogens is 3. The van der Waals surface area contributed by atoms with Gasteiger partial charge in [0.25, 0.3) is 0 Å². The average Bonchev–Trinajstić information content (AvgIpc) is 3.02. The highest BCUT2D eigenvalue weighted by molar-refractivity contribution is 5.74. The number of rotatable bonds is 5. The molecule has 0 radical (unpaired) electrons. The lowest BCUT2D eigenvalue weighted by Gasteiger charge is -2.23. The Kier molecular flexibility index (Phi) is 5.66. The predicted molar refractivity (Wildman–Crippen MR) is 84.5 cm³/mol. The monoisotopic (exact) mass is 356 g/mol. The van der Waals surface area contributed by atoms with Crippen LogP contribution in [0.5, 0.6) is 0 Å². The summed E-state index contributed by atoms with van der Waals surface area (Å²) in [5.41, 5.74) is 1.24. The third-order valence-electron chi connectivity index (χ3n) is 3.34. The number of hydrogen-bond acceptors (Lipinski definition) is 4. The highest BCUT2D eigenvalue weighted by Crippen LogP contribution is 2.29. The van der Waals surface area contributed by atoms with E-state index in [1.807, 2.05) is 20.8 Å². The molecular formula is C16H19F3N4O2. The fourth-order valence-corrected chi connectivity index (χ4v) is 2.10. The van der Waals surface area contributed by atoms with Crippen LogP contribution in [0.15, 0.2) is 28.8 Å². The summed E-state index contributed by atoms with van der Waals surface area (Å²) in [5, 5.41) is 6.16. The highest BCUT2D eigenvalue weighted by atomic mass is 19.4. The molecule has 0 atom stereocenters. The van der Waals surface area contributed by atoms with Gasteiger partial charge in [0.1, 0.15) is 0 Å². The number of urea groups is 1. The Morgan fingerprint density at radius 3 is 2.40 bits per heavy atom. The van der Waals surface area contributed by atoms with Gasteiger partial charge in [0, 0.05) is 24.7 Å². The molecule has 1 aromatic carbocycles. The molecular weight excluding hydrogens is 337 g/mol. The molecule has 0 aliphatic carbocycles. The molecule has 2 amide bonds. The number of hydrogen-bond donors (Lipinski definition) is 1. The van der Waals surface area contributed by atoms with Gasteiger partial charge in [-0.15, -0.1) is 0 Å². The Labute approximate surface area is 143 Å². The van der Waals surface area contributed by atoms with E-state index in [1.54, 1.807) is 29.2 Å². The van der Waals surface area contributed by atoms with Crippen LogP contribution in [-0.2, 0) is 12.7 Å². The maximum Gasteiger partial charge on any atom is 0.471 e. The van der Waals surface area contributed by atoms with Crippen molar-refractivity contribution in [1.29, 1.82) is 0 Å². The minimum atomic E-state index is -4.67. The van der Waals surface area contributed by atoms with Crippen molar-refractivity contribution in [3.05, 3.63) is 35.7 Å². The zero-order chi connectivity index (χ0) is 18.6. The van der Waals surface area contributed by atoms with Gasteiger partial charge in [0.15, 0.2) is 0 Å². The standard InChI is InChI=1S/C16H19F3N4O2/c1-4-23(15(24)20-10(2)3)9-11-5-7-12(8-6-11)13-21-14(25-22-13)16(17,18)19/h5-8,10H,4,9H2,1-3H3,(H,20,24). The average molecular weight is 356 g/mol. The first-order valence-electron chi connectivity index (χ1n) is 7.76. The normalized spacial score (nSPS) is 11.6. The third-order valence-corrected chi connectivity index (χ3v) is 3.34. The van der Waals surface area contributed by atoms with Crippen LogP contribution < -0.4 is 5.32 Å². The predicted octanol–water partition coefficient (Wildman–Crippen LogP) is 3.70. The van der Waals surface area contributed by atoms with Gasteiger partial charge in [-0.1, -0.05) is 29.4 Å². The lowest BCUT2D eigenvalue weighted by Crippen LogP contribution is -2.42. The number of alkyl halides is 3. The molecule has 25 heavy (non-hydrogen) atoms. The topological polar surface area (TPSA) is 71.3 Å². The van der Waals surface area contributed by atoms with E-state index in [4.69, 9.17) is 0 Å². The molecule has 0 bridgehead atoms. The summed E-state index contributed by atoms with van der Waals surface area (Å²) in [4.78, 5) is 17.0. The molecule has 0 aliphatic rings. The van der Waals surface area contributed by atoms with Crippen molar-refractivity contribution in [2.75, 3.05) is 6.54 Å². The molecule has 1 heterocycles. The molecule has 1 N–H and O–H groups in total. The van der Waals surface area contributed by atoms with Crippen molar-refractivity contribution in [3.8, 4) is 11.4 Å². The Bertz CT molecular complexity index is 711. The highest BCUT2D eigenvalue weighted by Gasteiger charge is 2.38. The molecule has 2 aromatic rings. The molecule has 136 valence electrons. The van der Waals surface area contributed by atoms with Gasteiger partial charge in [-0.05, 0) is 26.3 Å². The molecule has 6 nitrogen and oxygen atoms in total. The van der Waals surface area contributed by atoms with Gasteiger partial charge in [-0.2, -0.15) is 18.2 Å². The number of carbonyl (C=O) groups is 1. The smallest absolute Gasteiger partial charge is 0.336 e. The van der Waals surface area contributed by atoms with Gasteiger partial charge < -0.3 is 14.7 Å². The van der Waals surface area contributed by atoms with Gasteiger partial charge in [-0.3, -0.25) is 0 Å². The molecule has 1 aromatic heterocycles. The number of nitrogens with one attached hydrogen (secondary N) is 1. The SMILES string of the molecule is CCN(Cc1ccc(-c2noc(C(F)(F)F)n2)cc1)C(=O)NC(C)C. The first-order chi connectivity index (χ1) is 11.7. The van der Waals surface area contributed by atoms with E-state index in [0.717, 1.165) is 5.56 Å². The second-order valence-corrected chi connectivity index (χ2v) is 5.74. The van der Waals surface area contributed by atoms with Crippen LogP contribution in [0.3, 0.4) is 0 Å². The van der Waals surface area contributed by atoms with Crippen LogP contribution in [0.25, 0.3) is 11.4 Å². The molecule has 0 aliphatic heterocycles. The van der Waals surface area contributed by atoms with E-state index in [1.165, 1.54) is 0 Å². The van der Waals surface area contributed by atoms with E-state index in [2.05, 4.69) is 20.0 Å². The molecule has 9 heteroatoms. The summed E-state index contributed by atoms with van der Waals surface area (Å²) >= 11 is 0. The quantitative estimate of drug-likeness (QED) is 0.887. The second-order valence-electron chi connectivity index (χ2n) is 5.74. The number of amides is 2. The minimum absolute atomic E-state index is 0.0324. The molecule has 0 unspecified atom stereocenters. The Morgan fingerprint density at radius 1 is 1.28 bits per heavy atom. The molecule has 0 saturated carbocycles. The van der Waals surface area contributed by atoms with Gasteiger partial charge in [0.05, 0.1) is 0 Å². The first-order valence-corrected chi connectivity index (χ1v) is 7.76. The van der Waals surface area contributed by atoms with E-state index >= 15 is 0 Å². The Hall–Kier alpha value is -2.58. The first kappa shape index (κ1) is 18.8. The maximum atomic E-state index is 12.5. The largest absolute Gasteiger partial charge is 0.471 e. The molecule has 0 spiro atoms. The van der Waals surface area contributed by atoms with E-state index in [-0.39, 0.29) is 17.9 Å². The number of nitrogens with zero attached hydrogens (tertiary/aromatic N) is 3. The van der Waals surface area contributed by atoms with Crippen molar-refractivity contribution in [2.24, 2.45) is 0 Å². The van der Waals surface area contributed by atoms with Crippen molar-refractivity contribution >= 4 is 6.03 Å². The second kappa shape index (κ2) is 7.54. The van der Waals surface area contributed by atoms with Crippen LogP contribution in [0.2, 0.25) is 0 Å². The van der Waals surface area contributed by atoms with Crippen LogP contribution in [0.1, 0.15) is 32.2 Å². The summed E-state index contributed by atoms with van der Waals surface area (Å²) in [5.74, 6) is -1.52. The molecule has 0 saturated heterocycles. The number of carbonyl (C=O) groups excluding carboxylic acids is 1. The van der Waals surface area contributed by atoms with Crippen molar-refractivity contribution in [3.63, 3.8) is 0 Å². The minimum Gasteiger partial charge on any atom is -0.336 e. The van der Waals surface area contributed by atoms with Gasteiger partial charge >= 0.3 is 18.1 Å². The fraction of sp³-hybridized carbons (Fsp3) is 0.438. The van der Waals surface area contributed by atoms with Crippen molar-refractivity contribution in [1.82, 2.24) is 20.4 Å².